The molecule has 2 heteroatoms. The zero-order valence-corrected chi connectivity index (χ0v) is 8.67. The number of hydrogen-bond acceptors (Lipinski definition) is 2. The highest BCUT2D eigenvalue weighted by Crippen LogP contribution is 2.09. The van der Waals surface area contributed by atoms with Crippen molar-refractivity contribution in [1.82, 2.24) is 0 Å². The molecule has 0 unspecified atom stereocenters. The second kappa shape index (κ2) is 6.46. The Labute approximate surface area is 80.3 Å². The van der Waals surface area contributed by atoms with Gasteiger partial charge in [0.25, 0.3) is 0 Å². The number of ether oxygens (including phenoxy) is 1. The molecule has 1 atom stereocenters. The molecule has 74 valence electrons. The summed E-state index contributed by atoms with van der Waals surface area (Å²) in [6.07, 6.45) is 5.38. The third-order valence-corrected chi connectivity index (χ3v) is 1.68. The van der Waals surface area contributed by atoms with Gasteiger partial charge in [0.05, 0.1) is 7.11 Å². The first-order chi connectivity index (χ1) is 6.06. The first-order valence-corrected chi connectivity index (χ1v) is 4.45. The first kappa shape index (κ1) is 11.9. The summed E-state index contributed by atoms with van der Waals surface area (Å²) in [7, 11) is 1.42. The Hall–Kier alpha value is -1.05. The minimum Gasteiger partial charge on any atom is -0.469 e. The molecular weight excluding hydrogens is 164 g/mol. The van der Waals surface area contributed by atoms with Crippen LogP contribution in [-0.2, 0) is 9.53 Å². The molecule has 13 heavy (non-hydrogen) atoms. The van der Waals surface area contributed by atoms with Crippen molar-refractivity contribution in [1.29, 1.82) is 0 Å². The minimum atomic E-state index is -0.142. The van der Waals surface area contributed by atoms with Gasteiger partial charge in [-0.05, 0) is 19.3 Å². The van der Waals surface area contributed by atoms with Crippen LogP contribution in [0.25, 0.3) is 0 Å². The second-order valence-electron chi connectivity index (χ2n) is 3.37. The van der Waals surface area contributed by atoms with Crippen molar-refractivity contribution in [2.24, 2.45) is 5.92 Å². The van der Waals surface area contributed by atoms with E-state index in [4.69, 9.17) is 0 Å². The summed E-state index contributed by atoms with van der Waals surface area (Å²) in [6.45, 7) is 7.72. The highest BCUT2D eigenvalue weighted by Gasteiger charge is 2.06. The van der Waals surface area contributed by atoms with Crippen molar-refractivity contribution in [3.8, 4) is 0 Å². The van der Waals surface area contributed by atoms with Gasteiger partial charge in [-0.15, -0.1) is 0 Å². The molecule has 0 aromatic carbocycles. The predicted molar refractivity (Wildman–Crippen MR) is 54.4 cm³/mol. The van der Waals surface area contributed by atoms with Crippen LogP contribution in [0.4, 0.5) is 0 Å². The Balaban J connectivity index is 3.68. The van der Waals surface area contributed by atoms with E-state index in [9.17, 15) is 4.79 Å². The van der Waals surface area contributed by atoms with Crippen LogP contribution in [0.5, 0.6) is 0 Å². The molecule has 0 rings (SSSR count). The highest BCUT2D eigenvalue weighted by molar-refractivity contribution is 5.69. The van der Waals surface area contributed by atoms with Crippen molar-refractivity contribution in [3.05, 3.63) is 24.3 Å². The fourth-order valence-electron chi connectivity index (χ4n) is 0.953. The predicted octanol–water partition coefficient (Wildman–Crippen LogP) is 2.71. The number of methoxy groups -OCH3 is 1. The van der Waals surface area contributed by atoms with Gasteiger partial charge in [-0.3, -0.25) is 4.79 Å². The molecule has 0 aromatic heterocycles. The van der Waals surface area contributed by atoms with Gasteiger partial charge in [-0.25, -0.2) is 0 Å². The van der Waals surface area contributed by atoms with E-state index in [1.165, 1.54) is 7.11 Å². The van der Waals surface area contributed by atoms with Crippen molar-refractivity contribution < 1.29 is 9.53 Å². The van der Waals surface area contributed by atoms with Crippen molar-refractivity contribution in [2.45, 2.75) is 26.7 Å². The van der Waals surface area contributed by atoms with Gasteiger partial charge in [-0.2, -0.15) is 0 Å². The lowest BCUT2D eigenvalue weighted by molar-refractivity contribution is -0.141. The Morgan fingerprint density at radius 1 is 1.62 bits per heavy atom. The molecule has 0 heterocycles. The van der Waals surface area contributed by atoms with Crippen molar-refractivity contribution >= 4 is 5.97 Å². The lowest BCUT2D eigenvalue weighted by atomic mass is 10.0. The summed E-state index contributed by atoms with van der Waals surface area (Å²) >= 11 is 0. The van der Waals surface area contributed by atoms with E-state index in [1.807, 2.05) is 26.0 Å². The summed E-state index contributed by atoms with van der Waals surface area (Å²) < 4.78 is 4.57. The maximum absolute atomic E-state index is 10.9. The third-order valence-electron chi connectivity index (χ3n) is 1.68. The SMILES string of the molecule is C=C(C)/C=C/C[C@@H](C)CC(=O)OC. The molecule has 0 aromatic rings. The van der Waals surface area contributed by atoms with Gasteiger partial charge in [0.2, 0.25) is 0 Å². The van der Waals surface area contributed by atoms with Crippen LogP contribution in [0.2, 0.25) is 0 Å². The Morgan fingerprint density at radius 2 is 2.23 bits per heavy atom. The topological polar surface area (TPSA) is 26.3 Å². The summed E-state index contributed by atoms with van der Waals surface area (Å²) in [5, 5.41) is 0. The fourth-order valence-corrected chi connectivity index (χ4v) is 0.953. The summed E-state index contributed by atoms with van der Waals surface area (Å²) in [5.74, 6) is 0.194. The van der Waals surface area contributed by atoms with Crippen LogP contribution < -0.4 is 0 Å². The monoisotopic (exact) mass is 182 g/mol. The Bertz CT molecular complexity index is 204. The first-order valence-electron chi connectivity index (χ1n) is 4.45. The molecule has 0 saturated heterocycles. The third kappa shape index (κ3) is 7.32. The van der Waals surface area contributed by atoms with Crippen LogP contribution in [0.3, 0.4) is 0 Å². The van der Waals surface area contributed by atoms with Crippen LogP contribution >= 0.6 is 0 Å². The van der Waals surface area contributed by atoms with E-state index in [0.29, 0.717) is 12.3 Å². The summed E-state index contributed by atoms with van der Waals surface area (Å²) in [4.78, 5) is 10.9. The molecule has 0 aliphatic heterocycles. The molecule has 0 aliphatic carbocycles. The molecule has 0 bridgehead atoms. The van der Waals surface area contributed by atoms with E-state index < -0.39 is 0 Å². The Morgan fingerprint density at radius 3 is 2.69 bits per heavy atom. The van der Waals surface area contributed by atoms with Crippen LogP contribution in [0, 0.1) is 5.92 Å². The molecular formula is C11H18O2. The standard InChI is InChI=1S/C11H18O2/c1-9(2)6-5-7-10(3)8-11(12)13-4/h5-6,10H,1,7-8H2,2-4H3/b6-5+/t10-/m1/s1. The second-order valence-corrected chi connectivity index (χ2v) is 3.37. The summed E-state index contributed by atoms with van der Waals surface area (Å²) in [6, 6.07) is 0. The van der Waals surface area contributed by atoms with Gasteiger partial charge in [0.15, 0.2) is 0 Å². The molecule has 2 nitrogen and oxygen atoms in total. The zero-order chi connectivity index (χ0) is 10.3. The fraction of sp³-hybridized carbons (Fsp3) is 0.545. The quantitative estimate of drug-likeness (QED) is 0.482. The lowest BCUT2D eigenvalue weighted by Crippen LogP contribution is -2.06. The smallest absolute Gasteiger partial charge is 0.305 e. The number of allylic oxidation sites excluding steroid dienone is 3. The number of carbonyl (C=O) groups excluding carboxylic acids is 1. The normalized spacial score (nSPS) is 12.8. The molecule has 0 saturated carbocycles. The zero-order valence-electron chi connectivity index (χ0n) is 8.67. The molecule has 0 fully saturated rings. The van der Waals surface area contributed by atoms with Crippen LogP contribution in [0.15, 0.2) is 24.3 Å². The van der Waals surface area contributed by atoms with Crippen molar-refractivity contribution in [3.63, 3.8) is 0 Å². The van der Waals surface area contributed by atoms with Gasteiger partial charge in [0, 0.05) is 6.42 Å². The van der Waals surface area contributed by atoms with E-state index in [2.05, 4.69) is 11.3 Å². The van der Waals surface area contributed by atoms with Gasteiger partial charge < -0.3 is 4.74 Å². The molecule has 0 amide bonds. The number of hydrogen-bond donors (Lipinski definition) is 0. The molecule has 0 aliphatic rings. The van der Waals surface area contributed by atoms with Crippen molar-refractivity contribution in [2.75, 3.05) is 7.11 Å². The largest absolute Gasteiger partial charge is 0.469 e. The number of esters is 1. The van der Waals surface area contributed by atoms with E-state index >= 15 is 0 Å². The van der Waals surface area contributed by atoms with E-state index in [-0.39, 0.29) is 5.97 Å². The lowest BCUT2D eigenvalue weighted by Gasteiger charge is -2.05. The highest BCUT2D eigenvalue weighted by atomic mass is 16.5. The number of carbonyl (C=O) groups is 1. The average Bonchev–Trinajstić information content (AvgIpc) is 2.03. The maximum Gasteiger partial charge on any atom is 0.305 e. The Kier molecular flexibility index (Phi) is 5.94. The number of rotatable bonds is 5. The van der Waals surface area contributed by atoms with Gasteiger partial charge in [-0.1, -0.05) is 31.2 Å². The minimum absolute atomic E-state index is 0.142. The summed E-state index contributed by atoms with van der Waals surface area (Å²) in [5.41, 5.74) is 1.03. The molecule has 0 N–H and O–H groups in total. The van der Waals surface area contributed by atoms with Crippen LogP contribution in [0.1, 0.15) is 26.7 Å². The molecule has 0 spiro atoms. The van der Waals surface area contributed by atoms with E-state index in [0.717, 1.165) is 12.0 Å². The molecule has 0 radical (unpaired) electrons. The van der Waals surface area contributed by atoms with Gasteiger partial charge in [0.1, 0.15) is 0 Å². The van der Waals surface area contributed by atoms with Gasteiger partial charge >= 0.3 is 5.97 Å². The van der Waals surface area contributed by atoms with E-state index in [1.54, 1.807) is 0 Å². The maximum atomic E-state index is 10.9. The van der Waals surface area contributed by atoms with Crippen LogP contribution in [-0.4, -0.2) is 13.1 Å². The average molecular weight is 182 g/mol.